The van der Waals surface area contributed by atoms with E-state index in [-0.39, 0.29) is 18.0 Å². The van der Waals surface area contributed by atoms with Gasteiger partial charge < -0.3 is 14.7 Å². The van der Waals surface area contributed by atoms with Gasteiger partial charge in [0.05, 0.1) is 10.9 Å². The first-order valence-electron chi connectivity index (χ1n) is 8.52. The summed E-state index contributed by atoms with van der Waals surface area (Å²) in [7, 11) is -4.04. The van der Waals surface area contributed by atoms with E-state index in [0.717, 1.165) is 24.3 Å². The summed E-state index contributed by atoms with van der Waals surface area (Å²) in [6, 6.07) is 2.68. The van der Waals surface area contributed by atoms with Crippen molar-refractivity contribution < 1.29 is 36.2 Å². The van der Waals surface area contributed by atoms with Crippen LogP contribution in [0.4, 0.5) is 18.0 Å². The third-order valence-electron chi connectivity index (χ3n) is 4.61. The maximum absolute atomic E-state index is 13.0. The molecule has 1 heterocycles. The van der Waals surface area contributed by atoms with Crippen molar-refractivity contribution in [3.8, 4) is 5.75 Å². The van der Waals surface area contributed by atoms with Crippen LogP contribution in [0.25, 0.3) is 0 Å². The van der Waals surface area contributed by atoms with Gasteiger partial charge in [0.1, 0.15) is 5.75 Å². The molecule has 1 aliphatic rings. The lowest BCUT2D eigenvalue weighted by Gasteiger charge is -2.49. The largest absolute Gasteiger partial charge is 0.573 e. The van der Waals surface area contributed by atoms with Gasteiger partial charge in [0.15, 0.2) is 0 Å². The second-order valence-corrected chi connectivity index (χ2v) is 9.55. The maximum Gasteiger partial charge on any atom is 0.573 e. The minimum absolute atomic E-state index is 0.00386. The maximum atomic E-state index is 13.0. The fraction of sp³-hybridized carbons (Fsp3) is 0.588. The van der Waals surface area contributed by atoms with E-state index in [1.54, 1.807) is 6.92 Å². The fourth-order valence-corrected chi connectivity index (χ4v) is 5.29. The molecule has 1 aromatic rings. The standard InChI is InChI=1S/C17H23F3N2O5S/c1-11-14(16(2,3)4)21(15(23)24)9-10-22(11)28(25,26)13-7-5-12(6-8-13)27-17(18,19)20/h5-8,11,14H,9-10H2,1-4H3,(H,23,24)/t11-,14?/m1/s1. The van der Waals surface area contributed by atoms with Gasteiger partial charge in [0.2, 0.25) is 10.0 Å². The molecule has 0 aromatic heterocycles. The summed E-state index contributed by atoms with van der Waals surface area (Å²) in [5, 5.41) is 9.47. The van der Waals surface area contributed by atoms with Gasteiger partial charge >= 0.3 is 12.5 Å². The lowest BCUT2D eigenvalue weighted by Crippen LogP contribution is -2.64. The van der Waals surface area contributed by atoms with Crippen LogP contribution in [-0.4, -0.2) is 60.4 Å². The van der Waals surface area contributed by atoms with E-state index < -0.39 is 45.7 Å². The van der Waals surface area contributed by atoms with Crippen LogP contribution < -0.4 is 4.74 Å². The van der Waals surface area contributed by atoms with Crippen LogP contribution in [0.3, 0.4) is 0 Å². The Morgan fingerprint density at radius 2 is 1.68 bits per heavy atom. The first-order valence-corrected chi connectivity index (χ1v) is 9.96. The molecule has 0 spiro atoms. The van der Waals surface area contributed by atoms with Crippen molar-refractivity contribution in [1.82, 2.24) is 9.21 Å². The zero-order chi connectivity index (χ0) is 21.5. The first kappa shape index (κ1) is 22.3. The minimum Gasteiger partial charge on any atom is -0.465 e. The van der Waals surface area contributed by atoms with E-state index in [4.69, 9.17) is 0 Å². The summed E-state index contributed by atoms with van der Waals surface area (Å²) in [6.45, 7) is 7.04. The Morgan fingerprint density at radius 1 is 1.14 bits per heavy atom. The number of piperazine rings is 1. The molecule has 11 heteroatoms. The molecular formula is C17H23F3N2O5S. The lowest BCUT2D eigenvalue weighted by atomic mass is 9.80. The number of alkyl halides is 3. The summed E-state index contributed by atoms with van der Waals surface area (Å²) in [4.78, 5) is 12.6. The number of carboxylic acid groups (broad SMARTS) is 1. The van der Waals surface area contributed by atoms with Crippen LogP contribution in [0, 0.1) is 5.41 Å². The molecule has 28 heavy (non-hydrogen) atoms. The molecule has 1 amide bonds. The van der Waals surface area contributed by atoms with E-state index in [0.29, 0.717) is 0 Å². The second-order valence-electron chi connectivity index (χ2n) is 7.66. The highest BCUT2D eigenvalue weighted by Gasteiger charge is 2.46. The summed E-state index contributed by atoms with van der Waals surface area (Å²) >= 11 is 0. The van der Waals surface area contributed by atoms with Crippen molar-refractivity contribution >= 4 is 16.1 Å². The number of carbonyl (C=O) groups is 1. The van der Waals surface area contributed by atoms with Crippen LogP contribution >= 0.6 is 0 Å². The Labute approximate surface area is 161 Å². The summed E-state index contributed by atoms with van der Waals surface area (Å²) in [5.74, 6) is -0.525. The Balaban J connectivity index is 2.34. The van der Waals surface area contributed by atoms with Crippen molar-refractivity contribution in [3.05, 3.63) is 24.3 Å². The number of nitrogens with zero attached hydrogens (tertiary/aromatic N) is 2. The van der Waals surface area contributed by atoms with Gasteiger partial charge in [-0.1, -0.05) is 20.8 Å². The molecule has 1 N–H and O–H groups in total. The van der Waals surface area contributed by atoms with Crippen LogP contribution in [0.15, 0.2) is 29.2 Å². The summed E-state index contributed by atoms with van der Waals surface area (Å²) in [6.07, 6.45) is -6.00. The molecule has 0 saturated carbocycles. The van der Waals surface area contributed by atoms with Crippen LogP contribution in [-0.2, 0) is 10.0 Å². The van der Waals surface area contributed by atoms with Crippen LogP contribution in [0.2, 0.25) is 0 Å². The van der Waals surface area contributed by atoms with E-state index in [1.165, 1.54) is 9.21 Å². The average molecular weight is 424 g/mol. The number of ether oxygens (including phenoxy) is 1. The quantitative estimate of drug-likeness (QED) is 0.804. The molecule has 1 saturated heterocycles. The number of amides is 1. The summed E-state index contributed by atoms with van der Waals surface area (Å²) < 4.78 is 67.9. The number of benzene rings is 1. The second kappa shape index (κ2) is 7.43. The molecule has 0 radical (unpaired) electrons. The molecule has 1 unspecified atom stereocenters. The van der Waals surface area contributed by atoms with Gasteiger partial charge in [0.25, 0.3) is 0 Å². The van der Waals surface area contributed by atoms with Crippen LogP contribution in [0.1, 0.15) is 27.7 Å². The molecule has 158 valence electrons. The van der Waals surface area contributed by atoms with Gasteiger partial charge in [-0.25, -0.2) is 13.2 Å². The molecule has 7 nitrogen and oxygen atoms in total. The molecule has 2 atom stereocenters. The third-order valence-corrected chi connectivity index (χ3v) is 6.61. The molecule has 0 bridgehead atoms. The predicted octanol–water partition coefficient (Wildman–Crippen LogP) is 3.37. The van der Waals surface area contributed by atoms with Crippen LogP contribution in [0.5, 0.6) is 5.75 Å². The molecule has 2 rings (SSSR count). The molecular weight excluding hydrogens is 401 g/mol. The van der Waals surface area contributed by atoms with E-state index in [2.05, 4.69) is 4.74 Å². The van der Waals surface area contributed by atoms with E-state index >= 15 is 0 Å². The molecule has 1 aliphatic heterocycles. The lowest BCUT2D eigenvalue weighted by molar-refractivity contribution is -0.274. The van der Waals surface area contributed by atoms with E-state index in [9.17, 15) is 31.5 Å². The Hall–Kier alpha value is -2.01. The fourth-order valence-electron chi connectivity index (χ4n) is 3.66. The molecule has 1 aromatic carbocycles. The summed E-state index contributed by atoms with van der Waals surface area (Å²) in [5.41, 5.74) is -0.531. The van der Waals surface area contributed by atoms with Crippen molar-refractivity contribution in [1.29, 1.82) is 0 Å². The van der Waals surface area contributed by atoms with Gasteiger partial charge in [-0.05, 0) is 36.6 Å². The van der Waals surface area contributed by atoms with Crippen molar-refractivity contribution in [2.24, 2.45) is 5.41 Å². The van der Waals surface area contributed by atoms with Gasteiger partial charge in [-0.3, -0.25) is 0 Å². The van der Waals surface area contributed by atoms with E-state index in [1.807, 2.05) is 20.8 Å². The van der Waals surface area contributed by atoms with Crippen molar-refractivity contribution in [3.63, 3.8) is 0 Å². The zero-order valence-electron chi connectivity index (χ0n) is 15.9. The number of hydrogen-bond acceptors (Lipinski definition) is 4. The monoisotopic (exact) mass is 424 g/mol. The zero-order valence-corrected chi connectivity index (χ0v) is 16.7. The Morgan fingerprint density at radius 3 is 2.11 bits per heavy atom. The highest BCUT2D eigenvalue weighted by atomic mass is 32.2. The molecule has 0 aliphatic carbocycles. The normalized spacial score (nSPS) is 22.2. The Kier molecular flexibility index (Phi) is 5.91. The molecule has 1 fully saturated rings. The van der Waals surface area contributed by atoms with Crippen molar-refractivity contribution in [2.75, 3.05) is 13.1 Å². The minimum atomic E-state index is -4.87. The third kappa shape index (κ3) is 4.69. The predicted molar refractivity (Wildman–Crippen MR) is 94.5 cm³/mol. The number of sulfonamides is 1. The average Bonchev–Trinajstić information content (AvgIpc) is 2.51. The number of halogens is 3. The van der Waals surface area contributed by atoms with Gasteiger partial charge in [-0.15, -0.1) is 13.2 Å². The SMILES string of the molecule is C[C@@H]1C(C(C)(C)C)N(C(=O)O)CCN1S(=O)(=O)c1ccc(OC(F)(F)F)cc1. The number of rotatable bonds is 3. The number of hydrogen-bond donors (Lipinski definition) is 1. The topological polar surface area (TPSA) is 87.2 Å². The Bertz CT molecular complexity index is 819. The smallest absolute Gasteiger partial charge is 0.465 e. The van der Waals surface area contributed by atoms with Crippen molar-refractivity contribution in [2.45, 2.75) is 51.0 Å². The van der Waals surface area contributed by atoms with Gasteiger partial charge in [0, 0.05) is 19.1 Å². The highest BCUT2D eigenvalue weighted by molar-refractivity contribution is 7.89. The van der Waals surface area contributed by atoms with Gasteiger partial charge in [-0.2, -0.15) is 4.31 Å². The first-order chi connectivity index (χ1) is 12.6. The highest BCUT2D eigenvalue weighted by Crippen LogP contribution is 2.35.